The van der Waals surface area contributed by atoms with Gasteiger partial charge in [0.05, 0.1) is 0 Å². The number of amides is 2. The number of hydrogen-bond acceptors (Lipinski definition) is 3. The molecule has 3 rings (SSSR count). The van der Waals surface area contributed by atoms with Crippen LogP contribution >= 0.6 is 0 Å². The van der Waals surface area contributed by atoms with Crippen LogP contribution in [0, 0.1) is 5.92 Å². The van der Waals surface area contributed by atoms with Gasteiger partial charge in [-0.05, 0) is 31.7 Å². The monoisotopic (exact) mass is 290 g/mol. The second-order valence-electron chi connectivity index (χ2n) is 6.13. The van der Waals surface area contributed by atoms with Crippen molar-refractivity contribution >= 4 is 6.03 Å². The van der Waals surface area contributed by atoms with Crippen LogP contribution in [-0.2, 0) is 13.1 Å². The Bertz CT molecular complexity index is 612. The summed E-state index contributed by atoms with van der Waals surface area (Å²) in [6, 6.07) is 3.46. The lowest BCUT2D eigenvalue weighted by molar-refractivity contribution is 0.187. The molecule has 1 saturated heterocycles. The van der Waals surface area contributed by atoms with Crippen molar-refractivity contribution in [2.45, 2.75) is 38.4 Å². The SMILES string of the molecule is CCn1cccc(CNC(=O)N2C[C@@H]3CC[C@]3(N)C2)c1=O. The van der Waals surface area contributed by atoms with Crippen molar-refractivity contribution in [3.05, 3.63) is 34.2 Å². The van der Waals surface area contributed by atoms with E-state index in [-0.39, 0.29) is 23.7 Å². The van der Waals surface area contributed by atoms with Crippen molar-refractivity contribution in [1.29, 1.82) is 0 Å². The normalized spacial score (nSPS) is 27.1. The number of urea groups is 1. The molecule has 6 nitrogen and oxygen atoms in total. The number of likely N-dealkylation sites (tertiary alicyclic amines) is 1. The molecule has 2 aliphatic rings. The minimum atomic E-state index is -0.168. The highest BCUT2D eigenvalue weighted by molar-refractivity contribution is 5.74. The molecule has 0 unspecified atom stereocenters. The first kappa shape index (κ1) is 14.1. The smallest absolute Gasteiger partial charge is 0.317 e. The van der Waals surface area contributed by atoms with Gasteiger partial charge in [0, 0.05) is 43.5 Å². The highest BCUT2D eigenvalue weighted by Crippen LogP contribution is 2.42. The number of aromatic nitrogens is 1. The molecule has 2 atom stereocenters. The summed E-state index contributed by atoms with van der Waals surface area (Å²) < 4.78 is 1.63. The molecule has 2 heterocycles. The molecule has 0 aromatic carbocycles. The van der Waals surface area contributed by atoms with Crippen LogP contribution in [0.15, 0.2) is 23.1 Å². The molecule has 0 spiro atoms. The van der Waals surface area contributed by atoms with E-state index >= 15 is 0 Å². The lowest BCUT2D eigenvalue weighted by atomic mass is 9.70. The summed E-state index contributed by atoms with van der Waals surface area (Å²) in [7, 11) is 0. The van der Waals surface area contributed by atoms with Gasteiger partial charge < -0.3 is 20.5 Å². The van der Waals surface area contributed by atoms with E-state index < -0.39 is 0 Å². The maximum Gasteiger partial charge on any atom is 0.317 e. The third-order valence-corrected chi connectivity index (χ3v) is 4.85. The van der Waals surface area contributed by atoms with Gasteiger partial charge in [0.15, 0.2) is 0 Å². The zero-order chi connectivity index (χ0) is 15.0. The molecule has 6 heteroatoms. The van der Waals surface area contributed by atoms with Gasteiger partial charge in [-0.2, -0.15) is 0 Å². The number of carbonyl (C=O) groups excluding carboxylic acids is 1. The van der Waals surface area contributed by atoms with E-state index in [0.29, 0.717) is 24.6 Å². The van der Waals surface area contributed by atoms with Crippen molar-refractivity contribution in [3.8, 4) is 0 Å². The van der Waals surface area contributed by atoms with Gasteiger partial charge in [-0.1, -0.05) is 6.07 Å². The van der Waals surface area contributed by atoms with Crippen LogP contribution in [0.1, 0.15) is 25.3 Å². The molecule has 2 fully saturated rings. The van der Waals surface area contributed by atoms with Gasteiger partial charge in [0.2, 0.25) is 0 Å². The molecule has 1 aromatic rings. The molecule has 3 N–H and O–H groups in total. The largest absolute Gasteiger partial charge is 0.334 e. The minimum absolute atomic E-state index is 0.0444. The topological polar surface area (TPSA) is 80.4 Å². The third-order valence-electron chi connectivity index (χ3n) is 4.85. The van der Waals surface area contributed by atoms with E-state index in [1.54, 1.807) is 21.7 Å². The van der Waals surface area contributed by atoms with Gasteiger partial charge in [0.1, 0.15) is 0 Å². The Balaban J connectivity index is 1.61. The summed E-state index contributed by atoms with van der Waals surface area (Å²) in [4.78, 5) is 26.0. The Morgan fingerprint density at radius 1 is 1.57 bits per heavy atom. The first-order valence-corrected chi connectivity index (χ1v) is 7.53. The Kier molecular flexibility index (Phi) is 3.49. The van der Waals surface area contributed by atoms with Crippen LogP contribution < -0.4 is 16.6 Å². The average Bonchev–Trinajstić information content (AvgIpc) is 2.70. The molecule has 2 amide bonds. The predicted octanol–water partition coefficient (Wildman–Crippen LogP) is 0.501. The van der Waals surface area contributed by atoms with Crippen molar-refractivity contribution in [2.75, 3.05) is 13.1 Å². The summed E-state index contributed by atoms with van der Waals surface area (Å²) in [6.45, 7) is 4.17. The number of aryl methyl sites for hydroxylation is 1. The van der Waals surface area contributed by atoms with Crippen LogP contribution in [0.4, 0.5) is 4.79 Å². The summed E-state index contributed by atoms with van der Waals surface area (Å²) in [6.07, 6.45) is 3.87. The maximum atomic E-state index is 12.2. The van der Waals surface area contributed by atoms with Crippen LogP contribution in [0.5, 0.6) is 0 Å². The number of rotatable bonds is 3. The van der Waals surface area contributed by atoms with E-state index in [1.165, 1.54) is 0 Å². The minimum Gasteiger partial charge on any atom is -0.334 e. The fourth-order valence-electron chi connectivity index (χ4n) is 3.29. The van der Waals surface area contributed by atoms with Crippen molar-refractivity contribution in [3.63, 3.8) is 0 Å². The average molecular weight is 290 g/mol. The first-order valence-electron chi connectivity index (χ1n) is 7.53. The van der Waals surface area contributed by atoms with Gasteiger partial charge in [-0.25, -0.2) is 4.79 Å². The Morgan fingerprint density at radius 2 is 2.38 bits per heavy atom. The van der Waals surface area contributed by atoms with Crippen molar-refractivity contribution < 1.29 is 4.79 Å². The van der Waals surface area contributed by atoms with Gasteiger partial charge in [0.25, 0.3) is 5.56 Å². The fraction of sp³-hybridized carbons (Fsp3) is 0.600. The highest BCUT2D eigenvalue weighted by atomic mass is 16.2. The van der Waals surface area contributed by atoms with E-state index in [2.05, 4.69) is 5.32 Å². The zero-order valence-electron chi connectivity index (χ0n) is 12.3. The Labute approximate surface area is 123 Å². The van der Waals surface area contributed by atoms with Crippen LogP contribution in [-0.4, -0.2) is 34.1 Å². The van der Waals surface area contributed by atoms with Crippen LogP contribution in [0.25, 0.3) is 0 Å². The molecule has 1 aliphatic carbocycles. The molecule has 1 aromatic heterocycles. The van der Waals surface area contributed by atoms with Gasteiger partial charge in [-0.15, -0.1) is 0 Å². The maximum absolute atomic E-state index is 12.2. The summed E-state index contributed by atoms with van der Waals surface area (Å²) in [5.74, 6) is 0.442. The fourth-order valence-corrected chi connectivity index (χ4v) is 3.29. The summed E-state index contributed by atoms with van der Waals surface area (Å²) in [5.41, 5.74) is 6.63. The molecular weight excluding hydrogens is 268 g/mol. The summed E-state index contributed by atoms with van der Waals surface area (Å²) in [5, 5.41) is 2.84. The number of pyridine rings is 1. The van der Waals surface area contributed by atoms with Crippen LogP contribution in [0.2, 0.25) is 0 Å². The Morgan fingerprint density at radius 3 is 2.95 bits per heavy atom. The molecule has 0 bridgehead atoms. The molecule has 114 valence electrons. The van der Waals surface area contributed by atoms with Crippen molar-refractivity contribution in [1.82, 2.24) is 14.8 Å². The molecule has 0 radical (unpaired) electrons. The van der Waals surface area contributed by atoms with Gasteiger partial charge >= 0.3 is 6.03 Å². The van der Waals surface area contributed by atoms with E-state index in [1.807, 2.05) is 13.0 Å². The third kappa shape index (κ3) is 2.44. The van der Waals surface area contributed by atoms with Crippen molar-refractivity contribution in [2.24, 2.45) is 11.7 Å². The molecule has 1 aliphatic heterocycles. The lowest BCUT2D eigenvalue weighted by Gasteiger charge is -2.39. The molecule has 1 saturated carbocycles. The quantitative estimate of drug-likeness (QED) is 0.850. The van der Waals surface area contributed by atoms with E-state index in [0.717, 1.165) is 19.4 Å². The number of nitrogens with zero attached hydrogens (tertiary/aromatic N) is 2. The second kappa shape index (κ2) is 5.18. The second-order valence-corrected chi connectivity index (χ2v) is 6.13. The Hall–Kier alpha value is -1.82. The number of carbonyl (C=O) groups is 1. The van der Waals surface area contributed by atoms with Gasteiger partial charge in [-0.3, -0.25) is 4.79 Å². The number of nitrogens with one attached hydrogen (secondary N) is 1. The highest BCUT2D eigenvalue weighted by Gasteiger charge is 2.51. The number of hydrogen-bond donors (Lipinski definition) is 2. The lowest BCUT2D eigenvalue weighted by Crippen LogP contribution is -2.55. The predicted molar refractivity (Wildman–Crippen MR) is 79.8 cm³/mol. The number of fused-ring (bicyclic) bond motifs is 1. The van der Waals surface area contributed by atoms with E-state index in [4.69, 9.17) is 5.73 Å². The van der Waals surface area contributed by atoms with Crippen LogP contribution in [0.3, 0.4) is 0 Å². The first-order chi connectivity index (χ1) is 10.0. The molecular formula is C15H22N4O2. The molecule has 21 heavy (non-hydrogen) atoms. The summed E-state index contributed by atoms with van der Waals surface area (Å²) >= 11 is 0. The zero-order valence-corrected chi connectivity index (χ0v) is 12.3. The number of nitrogens with two attached hydrogens (primary N) is 1. The van der Waals surface area contributed by atoms with E-state index in [9.17, 15) is 9.59 Å². The standard InChI is InChI=1S/C15H22N4O2/c1-2-18-7-3-4-11(13(18)20)8-17-14(21)19-9-12-5-6-15(12,16)10-19/h3-4,7,12H,2,5-6,8-10,16H2,1H3,(H,17,21)/t12-,15-/m0/s1.